The van der Waals surface area contributed by atoms with Gasteiger partial charge in [0.05, 0.1) is 11.2 Å². The number of pyridine rings is 1. The maximum atomic E-state index is 10.2. The topological polar surface area (TPSA) is 62.4 Å². The number of aryl methyl sites for hydroxylation is 1. The number of hydrogen-bond donors (Lipinski definition) is 2. The second-order valence-electron chi connectivity index (χ2n) is 5.53. The lowest BCUT2D eigenvalue weighted by Gasteiger charge is -2.25. The quantitative estimate of drug-likeness (QED) is 0.808. The van der Waals surface area contributed by atoms with Crippen LogP contribution in [0.4, 0.5) is 5.82 Å². The number of anilines is 1. The first-order valence-electron chi connectivity index (χ1n) is 6.63. The molecule has 4 nitrogen and oxygen atoms in total. The van der Waals surface area contributed by atoms with Gasteiger partial charge < -0.3 is 15.7 Å². The van der Waals surface area contributed by atoms with Crippen molar-refractivity contribution < 1.29 is 5.11 Å². The molecule has 1 fully saturated rings. The molecule has 1 saturated heterocycles. The molecule has 1 aliphatic heterocycles. The normalized spacial score (nSPS) is 24.1. The molecule has 0 radical (unpaired) electrons. The Labute approximate surface area is 119 Å². The highest BCUT2D eigenvalue weighted by Gasteiger charge is 2.27. The average molecular weight is 279 g/mol. The van der Waals surface area contributed by atoms with Gasteiger partial charge in [-0.15, -0.1) is 0 Å². The van der Waals surface area contributed by atoms with Crippen molar-refractivity contribution in [3.63, 3.8) is 0 Å². The summed E-state index contributed by atoms with van der Waals surface area (Å²) in [5.41, 5.74) is 7.16. The van der Waals surface area contributed by atoms with Crippen LogP contribution in [-0.4, -0.2) is 33.8 Å². The summed E-state index contributed by atoms with van der Waals surface area (Å²) in [6.45, 7) is 5.55. The van der Waals surface area contributed by atoms with Gasteiger partial charge in [0.15, 0.2) is 0 Å². The molecule has 19 heavy (non-hydrogen) atoms. The van der Waals surface area contributed by atoms with Crippen LogP contribution in [0.5, 0.6) is 0 Å². The minimum Gasteiger partial charge on any atom is -0.390 e. The van der Waals surface area contributed by atoms with Crippen LogP contribution in [0, 0.1) is 6.92 Å². The summed E-state index contributed by atoms with van der Waals surface area (Å²) in [6, 6.07) is 1.92. The molecular formula is C14H21N3OS. The highest BCUT2D eigenvalue weighted by Crippen LogP contribution is 2.27. The zero-order valence-electron chi connectivity index (χ0n) is 11.5. The van der Waals surface area contributed by atoms with Crippen LogP contribution in [0.15, 0.2) is 12.3 Å². The fourth-order valence-corrected chi connectivity index (χ4v) is 2.82. The van der Waals surface area contributed by atoms with Gasteiger partial charge in [0, 0.05) is 19.3 Å². The van der Waals surface area contributed by atoms with Crippen LogP contribution in [0.2, 0.25) is 0 Å². The molecule has 1 aromatic heterocycles. The number of nitrogens with zero attached hydrogens (tertiary/aromatic N) is 2. The van der Waals surface area contributed by atoms with E-state index in [1.807, 2.05) is 19.9 Å². The van der Waals surface area contributed by atoms with E-state index >= 15 is 0 Å². The number of rotatable bonds is 2. The van der Waals surface area contributed by atoms with Crippen molar-refractivity contribution in [3.8, 4) is 0 Å². The van der Waals surface area contributed by atoms with Gasteiger partial charge in [-0.2, -0.15) is 0 Å². The SMILES string of the molecule is Cc1ccnc(N2CCCC(C)(O)CC2)c1C(N)=S. The molecule has 1 aliphatic rings. The van der Waals surface area contributed by atoms with Crippen molar-refractivity contribution >= 4 is 23.0 Å². The molecular weight excluding hydrogens is 258 g/mol. The van der Waals surface area contributed by atoms with Crippen molar-refractivity contribution in [2.75, 3.05) is 18.0 Å². The van der Waals surface area contributed by atoms with Crippen LogP contribution in [0.3, 0.4) is 0 Å². The van der Waals surface area contributed by atoms with Crippen molar-refractivity contribution in [2.45, 2.75) is 38.7 Å². The lowest BCUT2D eigenvalue weighted by molar-refractivity contribution is 0.0481. The molecule has 2 heterocycles. The van der Waals surface area contributed by atoms with E-state index in [1.54, 1.807) is 6.20 Å². The molecule has 0 spiro atoms. The van der Waals surface area contributed by atoms with Gasteiger partial charge in [0.25, 0.3) is 0 Å². The molecule has 0 aromatic carbocycles. The zero-order chi connectivity index (χ0) is 14.0. The Morgan fingerprint density at radius 3 is 2.89 bits per heavy atom. The van der Waals surface area contributed by atoms with E-state index in [2.05, 4.69) is 9.88 Å². The van der Waals surface area contributed by atoms with Gasteiger partial charge in [0.1, 0.15) is 10.8 Å². The fourth-order valence-electron chi connectivity index (χ4n) is 2.56. The van der Waals surface area contributed by atoms with Gasteiger partial charge in [-0.25, -0.2) is 4.98 Å². The van der Waals surface area contributed by atoms with Crippen LogP contribution >= 0.6 is 12.2 Å². The largest absolute Gasteiger partial charge is 0.390 e. The van der Waals surface area contributed by atoms with Crippen molar-refractivity contribution in [3.05, 3.63) is 23.4 Å². The third kappa shape index (κ3) is 3.22. The van der Waals surface area contributed by atoms with E-state index in [4.69, 9.17) is 18.0 Å². The van der Waals surface area contributed by atoms with Crippen LogP contribution in [0.25, 0.3) is 0 Å². The lowest BCUT2D eigenvalue weighted by atomic mass is 9.98. The predicted molar refractivity (Wildman–Crippen MR) is 81.5 cm³/mol. The van der Waals surface area contributed by atoms with E-state index < -0.39 is 5.60 Å². The first kappa shape index (κ1) is 14.2. The van der Waals surface area contributed by atoms with Gasteiger partial charge in [-0.1, -0.05) is 12.2 Å². The Kier molecular flexibility index (Phi) is 4.06. The first-order chi connectivity index (χ1) is 8.91. The molecule has 0 aliphatic carbocycles. The third-order valence-corrected chi connectivity index (χ3v) is 3.95. The monoisotopic (exact) mass is 279 g/mol. The Morgan fingerprint density at radius 2 is 2.21 bits per heavy atom. The molecule has 5 heteroatoms. The summed E-state index contributed by atoms with van der Waals surface area (Å²) >= 11 is 5.15. The fraction of sp³-hybridized carbons (Fsp3) is 0.571. The Hall–Kier alpha value is -1.20. The highest BCUT2D eigenvalue weighted by atomic mass is 32.1. The van der Waals surface area contributed by atoms with Crippen molar-refractivity contribution in [2.24, 2.45) is 5.73 Å². The molecule has 3 N–H and O–H groups in total. The number of aliphatic hydroxyl groups is 1. The number of aromatic nitrogens is 1. The first-order valence-corrected chi connectivity index (χ1v) is 7.04. The van der Waals surface area contributed by atoms with Gasteiger partial charge in [-0.3, -0.25) is 0 Å². The van der Waals surface area contributed by atoms with E-state index in [9.17, 15) is 5.11 Å². The van der Waals surface area contributed by atoms with Crippen LogP contribution in [-0.2, 0) is 0 Å². The third-order valence-electron chi connectivity index (χ3n) is 3.75. The number of nitrogens with two attached hydrogens (primary N) is 1. The summed E-state index contributed by atoms with van der Waals surface area (Å²) in [6.07, 6.45) is 4.28. The summed E-state index contributed by atoms with van der Waals surface area (Å²) in [4.78, 5) is 7.02. The summed E-state index contributed by atoms with van der Waals surface area (Å²) in [5, 5.41) is 10.2. The minimum atomic E-state index is -0.581. The molecule has 1 unspecified atom stereocenters. The standard InChI is InChI=1S/C14H21N3OS/c1-10-4-7-16-13(11(10)12(15)19)17-8-3-5-14(2,18)6-9-17/h4,7,18H,3,5-6,8-9H2,1-2H3,(H2,15,19). The smallest absolute Gasteiger partial charge is 0.139 e. The van der Waals surface area contributed by atoms with E-state index in [-0.39, 0.29) is 0 Å². The number of thiocarbonyl (C=S) groups is 1. The van der Waals surface area contributed by atoms with E-state index in [0.717, 1.165) is 49.3 Å². The van der Waals surface area contributed by atoms with Gasteiger partial charge in [0.2, 0.25) is 0 Å². The molecule has 0 bridgehead atoms. The van der Waals surface area contributed by atoms with Crippen LogP contribution < -0.4 is 10.6 Å². The molecule has 1 aromatic rings. The average Bonchev–Trinajstić information content (AvgIpc) is 2.49. The van der Waals surface area contributed by atoms with Gasteiger partial charge in [-0.05, 0) is 44.7 Å². The molecule has 104 valence electrons. The Bertz CT molecular complexity index is 488. The number of hydrogen-bond acceptors (Lipinski definition) is 4. The highest BCUT2D eigenvalue weighted by molar-refractivity contribution is 7.80. The second kappa shape index (κ2) is 5.43. The summed E-state index contributed by atoms with van der Waals surface area (Å²) in [7, 11) is 0. The Morgan fingerprint density at radius 1 is 1.47 bits per heavy atom. The lowest BCUT2D eigenvalue weighted by Crippen LogP contribution is -2.31. The van der Waals surface area contributed by atoms with Crippen molar-refractivity contribution in [1.29, 1.82) is 0 Å². The van der Waals surface area contributed by atoms with Crippen LogP contribution in [0.1, 0.15) is 37.3 Å². The minimum absolute atomic E-state index is 0.386. The zero-order valence-corrected chi connectivity index (χ0v) is 12.3. The second-order valence-corrected chi connectivity index (χ2v) is 5.97. The maximum absolute atomic E-state index is 10.2. The molecule has 0 amide bonds. The molecule has 2 rings (SSSR count). The predicted octanol–water partition coefficient (Wildman–Crippen LogP) is 1.77. The Balaban J connectivity index is 2.32. The summed E-state index contributed by atoms with van der Waals surface area (Å²) < 4.78 is 0. The van der Waals surface area contributed by atoms with Crippen molar-refractivity contribution in [1.82, 2.24) is 4.98 Å². The van der Waals surface area contributed by atoms with E-state index in [0.29, 0.717) is 4.99 Å². The summed E-state index contributed by atoms with van der Waals surface area (Å²) in [5.74, 6) is 0.852. The van der Waals surface area contributed by atoms with Gasteiger partial charge >= 0.3 is 0 Å². The molecule has 0 saturated carbocycles. The van der Waals surface area contributed by atoms with E-state index in [1.165, 1.54) is 0 Å². The maximum Gasteiger partial charge on any atom is 0.139 e. The molecule has 1 atom stereocenters.